The van der Waals surface area contributed by atoms with Crippen molar-refractivity contribution in [2.45, 2.75) is 57.2 Å². The first-order valence-corrected chi connectivity index (χ1v) is 10.8. The van der Waals surface area contributed by atoms with Gasteiger partial charge in [-0.25, -0.2) is 4.98 Å². The van der Waals surface area contributed by atoms with E-state index in [1.807, 2.05) is 17.0 Å². The van der Waals surface area contributed by atoms with E-state index in [-0.39, 0.29) is 5.91 Å². The first-order chi connectivity index (χ1) is 14.2. The predicted molar refractivity (Wildman–Crippen MR) is 109 cm³/mol. The fraction of sp³-hybridized carbons (Fsp3) is 0.591. The molecule has 1 amide bonds. The predicted octanol–water partition coefficient (Wildman–Crippen LogP) is 2.21. The van der Waals surface area contributed by atoms with E-state index in [4.69, 9.17) is 10.2 Å². The van der Waals surface area contributed by atoms with Gasteiger partial charge in [-0.15, -0.1) is 0 Å². The van der Waals surface area contributed by atoms with Crippen LogP contribution in [0.1, 0.15) is 43.6 Å². The van der Waals surface area contributed by atoms with Crippen molar-refractivity contribution in [1.29, 1.82) is 0 Å². The minimum absolute atomic E-state index is 0.227. The molecule has 1 aliphatic carbocycles. The molecule has 0 aromatic carbocycles. The molecule has 0 radical (unpaired) electrons. The van der Waals surface area contributed by atoms with Crippen LogP contribution >= 0.6 is 0 Å². The second-order valence-corrected chi connectivity index (χ2v) is 8.66. The van der Waals surface area contributed by atoms with Crippen LogP contribution in [-0.2, 0) is 17.8 Å². The number of hydrogen-bond acceptors (Lipinski definition) is 6. The molecule has 2 atom stereocenters. The lowest BCUT2D eigenvalue weighted by Gasteiger charge is -2.32. The molecule has 2 N–H and O–H groups in total. The minimum Gasteiger partial charge on any atom is -0.441 e. The minimum atomic E-state index is 0.227. The van der Waals surface area contributed by atoms with E-state index in [1.54, 1.807) is 12.4 Å². The lowest BCUT2D eigenvalue weighted by Crippen LogP contribution is -2.44. The Balaban J connectivity index is 1.24. The summed E-state index contributed by atoms with van der Waals surface area (Å²) in [5.41, 5.74) is 7.75. The van der Waals surface area contributed by atoms with Crippen LogP contribution in [0.15, 0.2) is 28.9 Å². The molecule has 0 bridgehead atoms. The van der Waals surface area contributed by atoms with Gasteiger partial charge in [-0.1, -0.05) is 0 Å². The molecule has 2 aromatic rings. The average molecular weight is 396 g/mol. The van der Waals surface area contributed by atoms with Crippen molar-refractivity contribution in [2.75, 3.05) is 19.6 Å². The number of fused-ring (bicyclic) bond motifs is 1. The van der Waals surface area contributed by atoms with E-state index in [2.05, 4.69) is 14.9 Å². The zero-order valence-corrected chi connectivity index (χ0v) is 16.8. The molecule has 3 aliphatic rings. The Kier molecular flexibility index (Phi) is 5.09. The first-order valence-electron chi connectivity index (χ1n) is 10.8. The summed E-state index contributed by atoms with van der Waals surface area (Å²) in [7, 11) is 0. The lowest BCUT2D eigenvalue weighted by atomic mass is 10.1. The normalized spacial score (nSPS) is 24.7. The molecular weight excluding hydrogens is 366 g/mol. The molecule has 7 nitrogen and oxygen atoms in total. The van der Waals surface area contributed by atoms with Crippen molar-refractivity contribution in [3.05, 3.63) is 36.0 Å². The molecule has 4 heterocycles. The number of aromatic nitrogens is 2. The SMILES string of the molecule is NC[C@H]1CC[C@@H](CC(=O)N2CCc3oc(-c4cccnc4)nc3C2)N1CC1CC1. The Hall–Kier alpha value is -2.25. The number of amides is 1. The molecule has 1 saturated carbocycles. The van der Waals surface area contributed by atoms with E-state index in [1.165, 1.54) is 12.8 Å². The highest BCUT2D eigenvalue weighted by atomic mass is 16.4. The van der Waals surface area contributed by atoms with Gasteiger partial charge >= 0.3 is 0 Å². The number of oxazole rings is 1. The number of hydrogen-bond donors (Lipinski definition) is 1. The fourth-order valence-electron chi connectivity index (χ4n) is 4.74. The largest absolute Gasteiger partial charge is 0.441 e. The summed E-state index contributed by atoms with van der Waals surface area (Å²) < 4.78 is 5.94. The summed E-state index contributed by atoms with van der Waals surface area (Å²) in [6, 6.07) is 4.59. The third-order valence-corrected chi connectivity index (χ3v) is 6.61. The third-order valence-electron chi connectivity index (χ3n) is 6.61. The number of likely N-dealkylation sites (tertiary alicyclic amines) is 1. The Morgan fingerprint density at radius 1 is 1.24 bits per heavy atom. The third kappa shape index (κ3) is 3.94. The summed E-state index contributed by atoms with van der Waals surface area (Å²) >= 11 is 0. The quantitative estimate of drug-likeness (QED) is 0.807. The Morgan fingerprint density at radius 2 is 2.10 bits per heavy atom. The molecule has 2 aromatic heterocycles. The van der Waals surface area contributed by atoms with Crippen LogP contribution in [-0.4, -0.2) is 57.4 Å². The van der Waals surface area contributed by atoms with E-state index in [0.717, 1.165) is 48.7 Å². The van der Waals surface area contributed by atoms with Gasteiger partial charge in [-0.2, -0.15) is 0 Å². The van der Waals surface area contributed by atoms with Crippen LogP contribution in [0.5, 0.6) is 0 Å². The Labute approximate surface area is 171 Å². The van der Waals surface area contributed by atoms with Gasteiger partial charge in [0.15, 0.2) is 0 Å². The van der Waals surface area contributed by atoms with Crippen molar-refractivity contribution >= 4 is 5.91 Å². The summed E-state index contributed by atoms with van der Waals surface area (Å²) in [5.74, 6) is 2.53. The Morgan fingerprint density at radius 3 is 2.86 bits per heavy atom. The Bertz CT molecular complexity index is 863. The van der Waals surface area contributed by atoms with Gasteiger partial charge in [0, 0.05) is 57.0 Å². The number of rotatable bonds is 6. The first kappa shape index (κ1) is 18.8. The molecule has 0 unspecified atom stereocenters. The molecule has 5 rings (SSSR count). The van der Waals surface area contributed by atoms with Gasteiger partial charge in [0.1, 0.15) is 11.5 Å². The van der Waals surface area contributed by atoms with E-state index in [0.29, 0.717) is 44.0 Å². The zero-order valence-electron chi connectivity index (χ0n) is 16.8. The van der Waals surface area contributed by atoms with E-state index in [9.17, 15) is 4.79 Å². The van der Waals surface area contributed by atoms with Crippen molar-refractivity contribution < 1.29 is 9.21 Å². The summed E-state index contributed by atoms with van der Waals surface area (Å²) in [5, 5.41) is 0. The number of carbonyl (C=O) groups excluding carboxylic acids is 1. The van der Waals surface area contributed by atoms with Crippen LogP contribution in [0.3, 0.4) is 0 Å². The maximum absolute atomic E-state index is 13.1. The lowest BCUT2D eigenvalue weighted by molar-refractivity contribution is -0.133. The average Bonchev–Trinajstić information content (AvgIpc) is 3.34. The van der Waals surface area contributed by atoms with Crippen LogP contribution in [0.25, 0.3) is 11.5 Å². The smallest absolute Gasteiger partial charge is 0.228 e. The van der Waals surface area contributed by atoms with Gasteiger partial charge in [0.25, 0.3) is 0 Å². The molecule has 29 heavy (non-hydrogen) atoms. The highest BCUT2D eigenvalue weighted by Crippen LogP contribution is 2.35. The van der Waals surface area contributed by atoms with Gasteiger partial charge in [0.05, 0.1) is 12.1 Å². The summed E-state index contributed by atoms with van der Waals surface area (Å²) in [6.07, 6.45) is 9.64. The highest BCUT2D eigenvalue weighted by molar-refractivity contribution is 5.77. The summed E-state index contributed by atoms with van der Waals surface area (Å²) in [6.45, 7) is 3.04. The number of carbonyl (C=O) groups is 1. The van der Waals surface area contributed by atoms with E-state index >= 15 is 0 Å². The van der Waals surface area contributed by atoms with Crippen LogP contribution < -0.4 is 5.73 Å². The van der Waals surface area contributed by atoms with E-state index < -0.39 is 0 Å². The van der Waals surface area contributed by atoms with Crippen molar-refractivity contribution in [3.63, 3.8) is 0 Å². The second kappa shape index (κ2) is 7.88. The van der Waals surface area contributed by atoms with Gasteiger partial charge in [-0.3, -0.25) is 14.7 Å². The molecule has 2 aliphatic heterocycles. The molecule has 0 spiro atoms. The second-order valence-electron chi connectivity index (χ2n) is 8.66. The van der Waals surface area contributed by atoms with Gasteiger partial charge in [-0.05, 0) is 43.7 Å². The maximum atomic E-state index is 13.1. The monoisotopic (exact) mass is 395 g/mol. The van der Waals surface area contributed by atoms with Gasteiger partial charge < -0.3 is 15.1 Å². The number of nitrogens with zero attached hydrogens (tertiary/aromatic N) is 4. The standard InChI is InChI=1S/C22H29N5O2/c23-11-18-6-5-17(27(18)13-15-3-4-15)10-21(28)26-9-7-20-19(14-26)25-22(29-20)16-2-1-8-24-12-16/h1-2,8,12,15,17-18H,3-7,9-11,13-14,23H2/t17-,18+/m0/s1. The van der Waals surface area contributed by atoms with Gasteiger partial charge in [0.2, 0.25) is 11.8 Å². The number of nitrogens with two attached hydrogens (primary N) is 1. The van der Waals surface area contributed by atoms with Crippen LogP contribution in [0, 0.1) is 5.92 Å². The topological polar surface area (TPSA) is 88.5 Å². The van der Waals surface area contributed by atoms with Crippen molar-refractivity contribution in [3.8, 4) is 11.5 Å². The fourth-order valence-corrected chi connectivity index (χ4v) is 4.74. The molecule has 1 saturated heterocycles. The van der Waals surface area contributed by atoms with Crippen LogP contribution in [0.4, 0.5) is 0 Å². The van der Waals surface area contributed by atoms with Crippen molar-refractivity contribution in [2.24, 2.45) is 11.7 Å². The summed E-state index contributed by atoms with van der Waals surface area (Å²) in [4.78, 5) is 26.3. The number of pyridine rings is 1. The highest BCUT2D eigenvalue weighted by Gasteiger charge is 2.38. The van der Waals surface area contributed by atoms with Crippen molar-refractivity contribution in [1.82, 2.24) is 19.8 Å². The zero-order chi connectivity index (χ0) is 19.8. The maximum Gasteiger partial charge on any atom is 0.228 e. The molecule has 2 fully saturated rings. The molecular formula is C22H29N5O2. The molecule has 154 valence electrons. The van der Waals surface area contributed by atoms with Crippen LogP contribution in [0.2, 0.25) is 0 Å². The molecule has 7 heteroatoms.